The highest BCUT2D eigenvalue weighted by atomic mass is 16.4. The van der Waals surface area contributed by atoms with E-state index >= 15 is 0 Å². The molecule has 4 fully saturated rings. The van der Waals surface area contributed by atoms with E-state index in [1.54, 1.807) is 26.2 Å². The molecule has 1 heterocycles. The monoisotopic (exact) mass is 485 g/mol. The molecular weight excluding hydrogens is 442 g/mol. The summed E-state index contributed by atoms with van der Waals surface area (Å²) in [4.78, 5) is 23.8. The summed E-state index contributed by atoms with van der Waals surface area (Å²) in [5.41, 5.74) is 4.71. The second-order valence-electron chi connectivity index (χ2n) is 13.4. The van der Waals surface area contributed by atoms with Crippen LogP contribution < -0.4 is 11.4 Å². The van der Waals surface area contributed by atoms with Crippen LogP contribution in [0.1, 0.15) is 97.0 Å². The molecule has 0 radical (unpaired) electrons. The minimum absolute atomic E-state index is 0.206. The second-order valence-corrected chi connectivity index (χ2v) is 13.4. The number of aliphatic carboxylic acids is 1. The Morgan fingerprint density at radius 3 is 2.34 bits per heavy atom. The molecule has 1 aromatic rings. The number of carbonyl (C=O) groups is 1. The van der Waals surface area contributed by atoms with E-state index in [1.165, 1.54) is 31.2 Å². The maximum Gasteiger partial charge on any atom is 0.335 e. The van der Waals surface area contributed by atoms with Gasteiger partial charge in [0, 0.05) is 6.07 Å². The zero-order valence-electron chi connectivity index (χ0n) is 21.8. The van der Waals surface area contributed by atoms with Crippen molar-refractivity contribution in [2.75, 3.05) is 0 Å². The summed E-state index contributed by atoms with van der Waals surface area (Å²) < 4.78 is 5.24. The van der Waals surface area contributed by atoms with E-state index in [1.807, 2.05) is 6.07 Å². The maximum absolute atomic E-state index is 12.3. The van der Waals surface area contributed by atoms with Crippen molar-refractivity contribution >= 4 is 5.97 Å². The van der Waals surface area contributed by atoms with Crippen LogP contribution in [0.15, 0.2) is 27.6 Å². The smallest absolute Gasteiger partial charge is 0.335 e. The van der Waals surface area contributed by atoms with Crippen LogP contribution in [0.2, 0.25) is 0 Å². The number of fused-ring (bicyclic) bond motifs is 5. The highest BCUT2D eigenvalue weighted by molar-refractivity contribution is 5.80. The molecule has 194 valence electrons. The number of nitrogens with two attached hydrogens (primary N) is 1. The number of hydrogen-bond acceptors (Lipinski definition) is 5. The lowest BCUT2D eigenvalue weighted by Gasteiger charge is -2.62. The third kappa shape index (κ3) is 3.57. The van der Waals surface area contributed by atoms with Gasteiger partial charge in [-0.2, -0.15) is 0 Å². The average Bonchev–Trinajstić information content (AvgIpc) is 3.15. The molecule has 0 bridgehead atoms. The molecule has 0 amide bonds. The highest BCUT2D eigenvalue weighted by Gasteiger charge is 2.63. The third-order valence-electron chi connectivity index (χ3n) is 11.8. The maximum atomic E-state index is 12.3. The lowest BCUT2D eigenvalue weighted by atomic mass is 9.43. The summed E-state index contributed by atoms with van der Waals surface area (Å²) in [6.07, 6.45) is 11.3. The summed E-state index contributed by atoms with van der Waals surface area (Å²) in [5, 5.41) is 20.8. The van der Waals surface area contributed by atoms with Crippen LogP contribution in [0, 0.1) is 40.4 Å². The molecule has 4 aliphatic rings. The van der Waals surface area contributed by atoms with Crippen LogP contribution >= 0.6 is 0 Å². The SMILES string of the molecule is CC12CCC(C(N)(C(=O)O)C(C)(C)O)CC1CCC1C2CCC2(C)C(c3ccc(=O)oc3)CCC12. The molecule has 35 heavy (non-hydrogen) atoms. The van der Waals surface area contributed by atoms with Crippen LogP contribution in [0.5, 0.6) is 0 Å². The zero-order valence-corrected chi connectivity index (χ0v) is 21.8. The Hall–Kier alpha value is -1.66. The Bertz CT molecular complexity index is 1020. The zero-order chi connectivity index (χ0) is 25.4. The lowest BCUT2D eigenvalue weighted by molar-refractivity contribution is -0.166. The van der Waals surface area contributed by atoms with Gasteiger partial charge in [0.2, 0.25) is 0 Å². The van der Waals surface area contributed by atoms with Crippen LogP contribution in [0.25, 0.3) is 0 Å². The molecular formula is C29H43NO5. The second kappa shape index (κ2) is 8.17. The Balaban J connectivity index is 1.37. The quantitative estimate of drug-likeness (QED) is 0.557. The van der Waals surface area contributed by atoms with Crippen LogP contribution in [0.3, 0.4) is 0 Å². The van der Waals surface area contributed by atoms with Crippen LogP contribution in [-0.2, 0) is 4.79 Å². The van der Waals surface area contributed by atoms with Crippen molar-refractivity contribution in [1.29, 1.82) is 0 Å². The van der Waals surface area contributed by atoms with Gasteiger partial charge in [-0.25, -0.2) is 4.79 Å². The number of hydrogen-bond donors (Lipinski definition) is 3. The third-order valence-corrected chi connectivity index (χ3v) is 11.8. The molecule has 0 aromatic carbocycles. The molecule has 6 nitrogen and oxygen atoms in total. The van der Waals surface area contributed by atoms with Crippen molar-refractivity contribution in [3.05, 3.63) is 34.4 Å². The fraction of sp³-hybridized carbons (Fsp3) is 0.793. The van der Waals surface area contributed by atoms with E-state index < -0.39 is 17.1 Å². The summed E-state index contributed by atoms with van der Waals surface area (Å²) in [5.74, 6) is 1.63. The predicted octanol–water partition coefficient (Wildman–Crippen LogP) is 4.94. The van der Waals surface area contributed by atoms with Crippen molar-refractivity contribution in [3.8, 4) is 0 Å². The molecule has 4 aliphatic carbocycles. The Morgan fingerprint density at radius 1 is 1.03 bits per heavy atom. The lowest BCUT2D eigenvalue weighted by Crippen LogP contribution is -2.68. The van der Waals surface area contributed by atoms with Gasteiger partial charge in [0.15, 0.2) is 0 Å². The molecule has 9 unspecified atom stereocenters. The van der Waals surface area contributed by atoms with Crippen LogP contribution in [-0.4, -0.2) is 27.3 Å². The van der Waals surface area contributed by atoms with Gasteiger partial charge in [0.25, 0.3) is 0 Å². The first kappa shape index (κ1) is 25.0. The van der Waals surface area contributed by atoms with E-state index in [-0.39, 0.29) is 22.4 Å². The van der Waals surface area contributed by atoms with E-state index in [4.69, 9.17) is 10.2 Å². The first-order valence-corrected chi connectivity index (χ1v) is 13.7. The van der Waals surface area contributed by atoms with Crippen molar-refractivity contribution in [1.82, 2.24) is 0 Å². The first-order chi connectivity index (χ1) is 16.3. The molecule has 9 atom stereocenters. The molecule has 0 spiro atoms. The van der Waals surface area contributed by atoms with Gasteiger partial charge >= 0.3 is 11.6 Å². The van der Waals surface area contributed by atoms with Crippen molar-refractivity contribution < 1.29 is 19.4 Å². The van der Waals surface area contributed by atoms with Gasteiger partial charge in [-0.1, -0.05) is 13.8 Å². The molecule has 4 N–H and O–H groups in total. The molecule has 5 rings (SSSR count). The Kier molecular flexibility index (Phi) is 5.84. The van der Waals surface area contributed by atoms with E-state index in [0.717, 1.165) is 32.1 Å². The highest BCUT2D eigenvalue weighted by Crippen LogP contribution is 2.69. The number of rotatable bonds is 4. The van der Waals surface area contributed by atoms with Crippen molar-refractivity contribution in [3.63, 3.8) is 0 Å². The van der Waals surface area contributed by atoms with Gasteiger partial charge < -0.3 is 20.4 Å². The van der Waals surface area contributed by atoms with E-state index in [0.29, 0.717) is 29.6 Å². The molecule has 0 saturated heterocycles. The number of carboxylic acids is 1. The molecule has 0 aliphatic heterocycles. The molecule has 4 saturated carbocycles. The number of carboxylic acid groups (broad SMARTS) is 1. The van der Waals surface area contributed by atoms with Gasteiger partial charge in [0.05, 0.1) is 11.9 Å². The average molecular weight is 486 g/mol. The van der Waals surface area contributed by atoms with E-state index in [9.17, 15) is 19.8 Å². The van der Waals surface area contributed by atoms with Crippen molar-refractivity contribution in [2.45, 2.75) is 103 Å². The molecule has 1 aromatic heterocycles. The molecule has 6 heteroatoms. The predicted molar refractivity (Wildman–Crippen MR) is 134 cm³/mol. The van der Waals surface area contributed by atoms with Gasteiger partial charge in [-0.3, -0.25) is 4.79 Å². The van der Waals surface area contributed by atoms with E-state index in [2.05, 4.69) is 13.8 Å². The summed E-state index contributed by atoms with van der Waals surface area (Å²) >= 11 is 0. The number of aliphatic hydroxyl groups is 1. The summed E-state index contributed by atoms with van der Waals surface area (Å²) in [6.45, 7) is 8.03. The van der Waals surface area contributed by atoms with Crippen LogP contribution in [0.4, 0.5) is 0 Å². The largest absolute Gasteiger partial charge is 0.480 e. The minimum Gasteiger partial charge on any atom is -0.480 e. The van der Waals surface area contributed by atoms with Gasteiger partial charge in [-0.05, 0) is 130 Å². The topological polar surface area (TPSA) is 114 Å². The Morgan fingerprint density at radius 2 is 1.71 bits per heavy atom. The van der Waals surface area contributed by atoms with Crippen molar-refractivity contribution in [2.24, 2.45) is 46.2 Å². The minimum atomic E-state index is -1.63. The summed E-state index contributed by atoms with van der Waals surface area (Å²) in [7, 11) is 0. The van der Waals surface area contributed by atoms with Gasteiger partial charge in [-0.15, -0.1) is 0 Å². The fourth-order valence-electron chi connectivity index (χ4n) is 9.72. The summed E-state index contributed by atoms with van der Waals surface area (Å²) in [6, 6.07) is 3.53. The normalized spacial score (nSPS) is 42.9. The Labute approximate surface area is 208 Å². The van der Waals surface area contributed by atoms with Gasteiger partial charge in [0.1, 0.15) is 5.54 Å². The first-order valence-electron chi connectivity index (χ1n) is 13.7. The fourth-order valence-corrected chi connectivity index (χ4v) is 9.72. The standard InChI is InChI=1S/C29H43NO5/c1-26(2,34)29(30,25(32)33)19-11-13-27(3)18(15-19)6-7-20-22-9-8-21(17-5-10-24(31)35-16-17)28(22,4)14-12-23(20)27/h5,10,16,18-23,34H,6-9,11-15,30H2,1-4H3,(H,32,33).